The maximum Gasteiger partial charge on any atom is 0.280 e. The van der Waals surface area contributed by atoms with Crippen molar-refractivity contribution in [3.05, 3.63) is 83.5 Å². The van der Waals surface area contributed by atoms with Gasteiger partial charge in [0.05, 0.1) is 29.0 Å². The van der Waals surface area contributed by atoms with Gasteiger partial charge in [-0.2, -0.15) is 0 Å². The van der Waals surface area contributed by atoms with E-state index >= 15 is 0 Å². The van der Waals surface area contributed by atoms with Crippen LogP contribution in [0.1, 0.15) is 55.8 Å². The van der Waals surface area contributed by atoms with Gasteiger partial charge in [-0.3, -0.25) is 4.98 Å². The minimum absolute atomic E-state index is 0.214. The summed E-state index contributed by atoms with van der Waals surface area (Å²) in [6.45, 7) is 4.03. The Balaban J connectivity index is 2.17. The lowest BCUT2D eigenvalue weighted by Crippen LogP contribution is -2.20. The first-order valence-corrected chi connectivity index (χ1v) is 10.5. The first-order chi connectivity index (χ1) is 15.4. The topological polar surface area (TPSA) is 55.1 Å². The molecule has 0 aromatic carbocycles. The van der Waals surface area contributed by atoms with E-state index in [1.807, 2.05) is 43.8 Å². The number of alkyl halides is 2. The molecule has 3 aromatic rings. The van der Waals surface area contributed by atoms with Gasteiger partial charge in [-0.25, -0.2) is 23.1 Å². The number of hydrogen-bond acceptors (Lipinski definition) is 3. The van der Waals surface area contributed by atoms with Crippen LogP contribution in [0.2, 0.25) is 0 Å². The molecule has 3 aromatic heterocycles. The molecule has 3 heterocycles. The number of rotatable bonds is 8. The lowest BCUT2D eigenvalue weighted by atomic mass is 10.1. The SMILES string of the molecule is CCC/C=C(/N=C(Nc1ccncc1F)c1c(CC)ccn1C)c1cccc(C(F)F)n1. The van der Waals surface area contributed by atoms with Gasteiger partial charge in [-0.1, -0.05) is 32.4 Å². The Hall–Kier alpha value is -3.42. The number of amidine groups is 1. The van der Waals surface area contributed by atoms with E-state index in [2.05, 4.69) is 15.3 Å². The monoisotopic (exact) mass is 441 g/mol. The van der Waals surface area contributed by atoms with E-state index in [1.54, 1.807) is 6.07 Å². The Bertz CT molecular complexity index is 1120. The van der Waals surface area contributed by atoms with Gasteiger partial charge in [0.2, 0.25) is 0 Å². The highest BCUT2D eigenvalue weighted by atomic mass is 19.3. The Labute approximate surface area is 185 Å². The van der Waals surface area contributed by atoms with Crippen molar-refractivity contribution in [2.45, 2.75) is 39.5 Å². The highest BCUT2D eigenvalue weighted by Gasteiger charge is 2.17. The van der Waals surface area contributed by atoms with Gasteiger partial charge in [0.15, 0.2) is 11.7 Å². The van der Waals surface area contributed by atoms with Crippen LogP contribution >= 0.6 is 0 Å². The number of unbranched alkanes of at least 4 members (excludes halogenated alkanes) is 1. The van der Waals surface area contributed by atoms with Crippen molar-refractivity contribution < 1.29 is 13.2 Å². The van der Waals surface area contributed by atoms with E-state index in [4.69, 9.17) is 4.99 Å². The van der Waals surface area contributed by atoms with Crippen LogP contribution in [-0.2, 0) is 13.5 Å². The zero-order chi connectivity index (χ0) is 23.1. The third-order valence-electron chi connectivity index (χ3n) is 4.90. The summed E-state index contributed by atoms with van der Waals surface area (Å²) in [4.78, 5) is 12.7. The molecule has 0 bridgehead atoms. The zero-order valence-corrected chi connectivity index (χ0v) is 18.3. The summed E-state index contributed by atoms with van der Waals surface area (Å²) in [6.07, 6.45) is 5.95. The molecule has 8 heteroatoms. The molecule has 0 saturated heterocycles. The summed E-state index contributed by atoms with van der Waals surface area (Å²) in [7, 11) is 1.87. The van der Waals surface area contributed by atoms with Crippen LogP contribution in [0.4, 0.5) is 18.9 Å². The van der Waals surface area contributed by atoms with E-state index < -0.39 is 12.2 Å². The number of nitrogens with zero attached hydrogens (tertiary/aromatic N) is 4. The van der Waals surface area contributed by atoms with E-state index in [0.29, 0.717) is 23.6 Å². The number of aryl methyl sites for hydroxylation is 2. The molecule has 3 rings (SSSR count). The van der Waals surface area contributed by atoms with Crippen molar-refractivity contribution in [2.75, 3.05) is 5.32 Å². The van der Waals surface area contributed by atoms with Gasteiger partial charge in [-0.15, -0.1) is 0 Å². The number of anilines is 1. The molecule has 0 spiro atoms. The predicted octanol–water partition coefficient (Wildman–Crippen LogP) is 6.15. The highest BCUT2D eigenvalue weighted by molar-refractivity contribution is 6.10. The lowest BCUT2D eigenvalue weighted by Gasteiger charge is -2.15. The molecule has 168 valence electrons. The summed E-state index contributed by atoms with van der Waals surface area (Å²) >= 11 is 0. The average Bonchev–Trinajstić information content (AvgIpc) is 3.17. The van der Waals surface area contributed by atoms with Crippen molar-refractivity contribution in [2.24, 2.45) is 12.0 Å². The fraction of sp³-hybridized carbons (Fsp3) is 0.292. The van der Waals surface area contributed by atoms with Gasteiger partial charge in [-0.05, 0) is 42.7 Å². The molecule has 5 nitrogen and oxygen atoms in total. The molecule has 0 radical (unpaired) electrons. The molecule has 0 atom stereocenters. The van der Waals surface area contributed by atoms with E-state index in [0.717, 1.165) is 30.3 Å². The second-order valence-electron chi connectivity index (χ2n) is 7.22. The Morgan fingerprint density at radius 1 is 1.22 bits per heavy atom. The quantitative estimate of drug-likeness (QED) is 0.337. The molecule has 32 heavy (non-hydrogen) atoms. The maximum absolute atomic E-state index is 14.4. The van der Waals surface area contributed by atoms with Crippen molar-refractivity contribution in [3.63, 3.8) is 0 Å². The maximum atomic E-state index is 14.4. The normalized spacial score (nSPS) is 12.5. The van der Waals surface area contributed by atoms with Gasteiger partial charge in [0.1, 0.15) is 5.69 Å². The fourth-order valence-corrected chi connectivity index (χ4v) is 3.26. The third-order valence-corrected chi connectivity index (χ3v) is 4.90. The molecular weight excluding hydrogens is 415 g/mol. The molecule has 0 amide bonds. The summed E-state index contributed by atoms with van der Waals surface area (Å²) in [5, 5.41) is 3.08. The predicted molar refractivity (Wildman–Crippen MR) is 121 cm³/mol. The zero-order valence-electron chi connectivity index (χ0n) is 18.3. The summed E-state index contributed by atoms with van der Waals surface area (Å²) in [5.41, 5.74) is 2.45. The molecule has 1 N–H and O–H groups in total. The average molecular weight is 442 g/mol. The van der Waals surface area contributed by atoms with Crippen LogP contribution in [0, 0.1) is 5.82 Å². The molecule has 0 aliphatic rings. The minimum Gasteiger partial charge on any atom is -0.348 e. The van der Waals surface area contributed by atoms with Crippen LogP contribution in [0.15, 0.2) is 60.0 Å². The van der Waals surface area contributed by atoms with E-state index in [1.165, 1.54) is 24.4 Å². The van der Waals surface area contributed by atoms with Gasteiger partial charge in [0.25, 0.3) is 6.43 Å². The van der Waals surface area contributed by atoms with Crippen LogP contribution in [-0.4, -0.2) is 20.4 Å². The van der Waals surface area contributed by atoms with Crippen LogP contribution in [0.5, 0.6) is 0 Å². The number of nitrogens with one attached hydrogen (secondary N) is 1. The molecule has 0 fully saturated rings. The fourth-order valence-electron chi connectivity index (χ4n) is 3.26. The number of pyridine rings is 2. The molecule has 0 aliphatic heterocycles. The summed E-state index contributed by atoms with van der Waals surface area (Å²) in [5.74, 6) is -0.129. The molecule has 0 aliphatic carbocycles. The Morgan fingerprint density at radius 3 is 2.72 bits per heavy atom. The van der Waals surface area contributed by atoms with Crippen molar-refractivity contribution in [1.29, 1.82) is 0 Å². The first-order valence-electron chi connectivity index (χ1n) is 10.5. The summed E-state index contributed by atoms with van der Waals surface area (Å²) < 4.78 is 42.8. The van der Waals surface area contributed by atoms with Crippen LogP contribution < -0.4 is 5.32 Å². The van der Waals surface area contributed by atoms with Crippen molar-refractivity contribution >= 4 is 17.2 Å². The first kappa shape index (κ1) is 23.2. The smallest absolute Gasteiger partial charge is 0.280 e. The summed E-state index contributed by atoms with van der Waals surface area (Å²) in [6, 6.07) is 7.96. The second-order valence-corrected chi connectivity index (χ2v) is 7.22. The van der Waals surface area contributed by atoms with Crippen LogP contribution in [0.25, 0.3) is 5.70 Å². The molecule has 0 saturated carbocycles. The number of hydrogen-bond donors (Lipinski definition) is 1. The molecular formula is C24H26F3N5. The largest absolute Gasteiger partial charge is 0.348 e. The van der Waals surface area contributed by atoms with Gasteiger partial charge >= 0.3 is 0 Å². The number of aromatic nitrogens is 3. The lowest BCUT2D eigenvalue weighted by molar-refractivity contribution is 0.146. The number of allylic oxidation sites excluding steroid dienone is 1. The van der Waals surface area contributed by atoms with E-state index in [-0.39, 0.29) is 11.4 Å². The Morgan fingerprint density at radius 2 is 2.03 bits per heavy atom. The van der Waals surface area contributed by atoms with Crippen molar-refractivity contribution in [1.82, 2.24) is 14.5 Å². The minimum atomic E-state index is -2.69. The second kappa shape index (κ2) is 10.7. The standard InChI is InChI=1S/C24H26F3N5/c1-4-6-8-20(19-9-7-10-21(29-19)23(26)27)31-24(22-16(5-2)12-14-32(22)3)30-18-11-13-28-15-17(18)25/h7-15,23H,4-6H2,1-3H3,(H,28,30,31)/b20-8+. The van der Waals surface area contributed by atoms with Crippen molar-refractivity contribution in [3.8, 4) is 0 Å². The molecule has 0 unspecified atom stereocenters. The number of halogens is 3. The van der Waals surface area contributed by atoms with E-state index in [9.17, 15) is 13.2 Å². The Kier molecular flexibility index (Phi) is 7.81. The van der Waals surface area contributed by atoms with Crippen LogP contribution in [0.3, 0.4) is 0 Å². The van der Waals surface area contributed by atoms with Gasteiger partial charge in [0, 0.05) is 19.4 Å². The number of aliphatic imine (C=N–C) groups is 1. The third kappa shape index (κ3) is 5.43. The highest BCUT2D eigenvalue weighted by Crippen LogP contribution is 2.24. The van der Waals surface area contributed by atoms with Gasteiger partial charge < -0.3 is 9.88 Å².